The first-order valence-electron chi connectivity index (χ1n) is 5.95. The van der Waals surface area contributed by atoms with E-state index in [4.69, 9.17) is 16.3 Å². The second kappa shape index (κ2) is 6.04. The molecule has 2 rings (SSSR count). The molecule has 1 saturated heterocycles. The van der Waals surface area contributed by atoms with Crippen molar-refractivity contribution in [2.45, 2.75) is 23.8 Å². The number of ether oxygens (including phenoxy) is 1. The summed E-state index contributed by atoms with van der Waals surface area (Å²) < 4.78 is 31.9. The van der Waals surface area contributed by atoms with Crippen LogP contribution in [0.3, 0.4) is 0 Å². The quantitative estimate of drug-likeness (QED) is 0.657. The molecule has 1 fully saturated rings. The van der Waals surface area contributed by atoms with E-state index in [1.807, 2.05) is 0 Å². The number of hydrogen-bond acceptors (Lipinski definition) is 5. The van der Waals surface area contributed by atoms with Gasteiger partial charge in [0.2, 0.25) is 10.0 Å². The lowest BCUT2D eigenvalue weighted by atomic mass is 10.2. The van der Waals surface area contributed by atoms with Crippen molar-refractivity contribution in [1.82, 2.24) is 4.72 Å². The lowest BCUT2D eigenvalue weighted by Gasteiger charge is -2.12. The van der Waals surface area contributed by atoms with Crippen molar-refractivity contribution in [3.05, 3.63) is 33.3 Å². The van der Waals surface area contributed by atoms with Crippen LogP contribution in [0.2, 0.25) is 5.02 Å². The van der Waals surface area contributed by atoms with Crippen molar-refractivity contribution in [3.63, 3.8) is 0 Å². The second-order valence-electron chi connectivity index (χ2n) is 4.36. The van der Waals surface area contributed by atoms with E-state index < -0.39 is 14.9 Å². The highest BCUT2D eigenvalue weighted by atomic mass is 35.5. The molecule has 20 heavy (non-hydrogen) atoms. The Morgan fingerprint density at radius 3 is 2.85 bits per heavy atom. The van der Waals surface area contributed by atoms with Gasteiger partial charge in [0, 0.05) is 25.3 Å². The van der Waals surface area contributed by atoms with Crippen LogP contribution in [0.1, 0.15) is 12.8 Å². The Morgan fingerprint density at radius 2 is 2.25 bits per heavy atom. The van der Waals surface area contributed by atoms with Gasteiger partial charge in [-0.3, -0.25) is 10.1 Å². The standard InChI is InChI=1S/C11H13ClN2O5S/c12-10-4-3-8(14(15)16)6-11(10)20(17,18)13-7-9-2-1-5-19-9/h3-4,6,9,13H,1-2,5,7H2/t9-/m0/s1. The van der Waals surface area contributed by atoms with E-state index in [9.17, 15) is 18.5 Å². The molecule has 0 bridgehead atoms. The fraction of sp³-hybridized carbons (Fsp3) is 0.455. The maximum absolute atomic E-state index is 12.1. The van der Waals surface area contributed by atoms with Gasteiger partial charge >= 0.3 is 0 Å². The lowest BCUT2D eigenvalue weighted by Crippen LogP contribution is -2.32. The Balaban J connectivity index is 2.19. The number of sulfonamides is 1. The predicted octanol–water partition coefficient (Wildman–Crippen LogP) is 1.71. The third-order valence-corrected chi connectivity index (χ3v) is 4.85. The maximum atomic E-state index is 12.1. The summed E-state index contributed by atoms with van der Waals surface area (Å²) in [6, 6.07) is 3.29. The van der Waals surface area contributed by atoms with E-state index in [1.54, 1.807) is 0 Å². The van der Waals surface area contributed by atoms with Crippen LogP contribution < -0.4 is 4.72 Å². The highest BCUT2D eigenvalue weighted by Gasteiger charge is 2.24. The smallest absolute Gasteiger partial charge is 0.270 e. The SMILES string of the molecule is O=[N+]([O-])c1ccc(Cl)c(S(=O)(=O)NC[C@@H]2CCCO2)c1. The number of halogens is 1. The van der Waals surface area contributed by atoms with Crippen LogP contribution >= 0.6 is 11.6 Å². The van der Waals surface area contributed by atoms with Crippen LogP contribution in [0.4, 0.5) is 5.69 Å². The summed E-state index contributed by atoms with van der Waals surface area (Å²) in [6.07, 6.45) is 1.51. The van der Waals surface area contributed by atoms with Crippen LogP contribution in [0, 0.1) is 10.1 Å². The third-order valence-electron chi connectivity index (χ3n) is 2.94. The molecule has 9 heteroatoms. The Hall–Kier alpha value is -1.22. The number of rotatable bonds is 5. The van der Waals surface area contributed by atoms with Gasteiger partial charge in [-0.25, -0.2) is 13.1 Å². The molecule has 1 aliphatic rings. The molecule has 1 atom stereocenters. The first-order valence-corrected chi connectivity index (χ1v) is 7.81. The van der Waals surface area contributed by atoms with Crippen molar-refractivity contribution < 1.29 is 18.1 Å². The highest BCUT2D eigenvalue weighted by molar-refractivity contribution is 7.89. The molecular weight excluding hydrogens is 308 g/mol. The van der Waals surface area contributed by atoms with Crippen LogP contribution in [0.15, 0.2) is 23.1 Å². The summed E-state index contributed by atoms with van der Waals surface area (Å²) in [6.45, 7) is 0.741. The molecule has 1 aromatic carbocycles. The molecule has 0 radical (unpaired) electrons. The maximum Gasteiger partial charge on any atom is 0.270 e. The van der Waals surface area contributed by atoms with E-state index in [1.165, 1.54) is 6.07 Å². The van der Waals surface area contributed by atoms with Crippen molar-refractivity contribution in [1.29, 1.82) is 0 Å². The zero-order valence-electron chi connectivity index (χ0n) is 10.4. The minimum Gasteiger partial charge on any atom is -0.377 e. The molecule has 0 spiro atoms. The topological polar surface area (TPSA) is 98.5 Å². The van der Waals surface area contributed by atoms with Gasteiger partial charge in [0.1, 0.15) is 4.90 Å². The zero-order chi connectivity index (χ0) is 14.8. The van der Waals surface area contributed by atoms with E-state index in [2.05, 4.69) is 4.72 Å². The normalized spacial score (nSPS) is 19.1. The van der Waals surface area contributed by atoms with Gasteiger partial charge in [0.25, 0.3) is 5.69 Å². The van der Waals surface area contributed by atoms with Crippen LogP contribution in [0.25, 0.3) is 0 Å². The molecular formula is C11H13ClN2O5S. The van der Waals surface area contributed by atoms with Crippen LogP contribution in [0.5, 0.6) is 0 Å². The van der Waals surface area contributed by atoms with Gasteiger partial charge in [0.15, 0.2) is 0 Å². The van der Waals surface area contributed by atoms with Crippen LogP contribution in [-0.2, 0) is 14.8 Å². The minimum absolute atomic E-state index is 0.0598. The van der Waals surface area contributed by atoms with Gasteiger partial charge in [-0.2, -0.15) is 0 Å². The van der Waals surface area contributed by atoms with E-state index in [0.29, 0.717) is 6.61 Å². The summed E-state index contributed by atoms with van der Waals surface area (Å²) in [7, 11) is -3.90. The fourth-order valence-electron chi connectivity index (χ4n) is 1.90. The Morgan fingerprint density at radius 1 is 1.50 bits per heavy atom. The zero-order valence-corrected chi connectivity index (χ0v) is 12.0. The van der Waals surface area contributed by atoms with E-state index >= 15 is 0 Å². The molecule has 0 aliphatic carbocycles. The van der Waals surface area contributed by atoms with Gasteiger partial charge in [-0.15, -0.1) is 0 Å². The Labute approximate surface area is 121 Å². The average Bonchev–Trinajstić information content (AvgIpc) is 2.89. The van der Waals surface area contributed by atoms with Crippen molar-refractivity contribution >= 4 is 27.3 Å². The second-order valence-corrected chi connectivity index (χ2v) is 6.50. The molecule has 0 saturated carbocycles. The molecule has 0 amide bonds. The van der Waals surface area contributed by atoms with Crippen molar-refractivity contribution in [2.24, 2.45) is 0 Å². The molecule has 1 N–H and O–H groups in total. The number of non-ortho nitro benzene ring substituents is 1. The number of benzene rings is 1. The largest absolute Gasteiger partial charge is 0.377 e. The minimum atomic E-state index is -3.90. The third kappa shape index (κ3) is 3.45. The van der Waals surface area contributed by atoms with Gasteiger partial charge in [-0.05, 0) is 18.9 Å². The summed E-state index contributed by atoms with van der Waals surface area (Å²) in [4.78, 5) is 9.71. The molecule has 0 unspecified atom stereocenters. The van der Waals surface area contributed by atoms with E-state index in [0.717, 1.165) is 25.0 Å². The molecule has 110 valence electrons. The fourth-order valence-corrected chi connectivity index (χ4v) is 3.48. The van der Waals surface area contributed by atoms with E-state index in [-0.39, 0.29) is 28.3 Å². The van der Waals surface area contributed by atoms with Crippen molar-refractivity contribution in [2.75, 3.05) is 13.2 Å². The Kier molecular flexibility index (Phi) is 4.59. The number of nitrogens with zero attached hydrogens (tertiary/aromatic N) is 1. The summed E-state index contributed by atoms with van der Waals surface area (Å²) in [5.41, 5.74) is -0.327. The molecule has 1 aromatic rings. The number of hydrogen-bond donors (Lipinski definition) is 1. The summed E-state index contributed by atoms with van der Waals surface area (Å²) in [5.74, 6) is 0. The molecule has 1 heterocycles. The first-order chi connectivity index (χ1) is 9.40. The van der Waals surface area contributed by atoms with Crippen LogP contribution in [-0.4, -0.2) is 32.6 Å². The highest BCUT2D eigenvalue weighted by Crippen LogP contribution is 2.26. The van der Waals surface area contributed by atoms with Crippen molar-refractivity contribution in [3.8, 4) is 0 Å². The molecule has 0 aromatic heterocycles. The Bertz CT molecular complexity index is 613. The average molecular weight is 321 g/mol. The van der Waals surface area contributed by atoms with Gasteiger partial charge < -0.3 is 4.74 Å². The summed E-state index contributed by atoms with van der Waals surface area (Å²) in [5, 5.41) is 10.6. The van der Waals surface area contributed by atoms with Gasteiger partial charge in [-0.1, -0.05) is 11.6 Å². The molecule has 7 nitrogen and oxygen atoms in total. The first kappa shape index (κ1) is 15.2. The summed E-state index contributed by atoms with van der Waals surface area (Å²) >= 11 is 5.81. The number of nitro groups is 1. The molecule has 1 aliphatic heterocycles. The lowest BCUT2D eigenvalue weighted by molar-refractivity contribution is -0.385. The predicted molar refractivity (Wildman–Crippen MR) is 72.3 cm³/mol. The van der Waals surface area contributed by atoms with Gasteiger partial charge in [0.05, 0.1) is 16.0 Å². The monoisotopic (exact) mass is 320 g/mol. The number of nitro benzene ring substituents is 1. The number of nitrogens with one attached hydrogen (secondary N) is 1.